The van der Waals surface area contributed by atoms with Gasteiger partial charge in [0.1, 0.15) is 0 Å². The first-order valence-corrected chi connectivity index (χ1v) is 5.24. The Morgan fingerprint density at radius 3 is 2.60 bits per heavy atom. The van der Waals surface area contributed by atoms with Crippen LogP contribution in [0, 0.1) is 0 Å². The molecule has 0 fully saturated rings. The van der Waals surface area contributed by atoms with E-state index in [1.165, 1.54) is 0 Å². The summed E-state index contributed by atoms with van der Waals surface area (Å²) in [5.41, 5.74) is 8.27. The minimum absolute atomic E-state index is 0.194. The van der Waals surface area contributed by atoms with Gasteiger partial charge in [-0.1, -0.05) is 26.2 Å². The quantitative estimate of drug-likeness (QED) is 0.227. The van der Waals surface area contributed by atoms with Gasteiger partial charge in [-0.2, -0.15) is 4.79 Å². The first-order valence-electron chi connectivity index (χ1n) is 5.24. The van der Waals surface area contributed by atoms with Gasteiger partial charge < -0.3 is 15.4 Å². The number of unbranched alkanes of at least 4 members (excludes halogenated alkanes) is 2. The Morgan fingerprint density at radius 1 is 1.47 bits per heavy atom. The first-order chi connectivity index (χ1) is 7.17. The van der Waals surface area contributed by atoms with E-state index < -0.39 is 12.1 Å². The predicted molar refractivity (Wildman–Crippen MR) is 55.4 cm³/mol. The van der Waals surface area contributed by atoms with Crippen LogP contribution in [0.25, 0.3) is 5.53 Å². The third-order valence-corrected chi connectivity index (χ3v) is 1.99. The van der Waals surface area contributed by atoms with Crippen LogP contribution in [0.2, 0.25) is 0 Å². The van der Waals surface area contributed by atoms with Crippen molar-refractivity contribution in [3.05, 3.63) is 5.53 Å². The molecule has 5 heteroatoms. The number of hydrogen-bond acceptors (Lipinski definition) is 3. The van der Waals surface area contributed by atoms with Gasteiger partial charge in [0.2, 0.25) is 0 Å². The summed E-state index contributed by atoms with van der Waals surface area (Å²) in [6, 6.07) is 0. The van der Waals surface area contributed by atoms with Crippen LogP contribution in [0.15, 0.2) is 0 Å². The van der Waals surface area contributed by atoms with E-state index in [2.05, 4.69) is 9.53 Å². The lowest BCUT2D eigenvalue weighted by Crippen LogP contribution is -2.31. The van der Waals surface area contributed by atoms with Gasteiger partial charge in [0.15, 0.2) is 6.10 Å². The van der Waals surface area contributed by atoms with Crippen molar-refractivity contribution in [1.29, 1.82) is 0 Å². The Kier molecular flexibility index (Phi) is 7.50. The van der Waals surface area contributed by atoms with E-state index in [0.717, 1.165) is 19.3 Å². The van der Waals surface area contributed by atoms with Crippen LogP contribution in [-0.4, -0.2) is 34.3 Å². The zero-order chi connectivity index (χ0) is 11.7. The van der Waals surface area contributed by atoms with Gasteiger partial charge in [0, 0.05) is 0 Å². The molecule has 0 heterocycles. The average Bonchev–Trinajstić information content (AvgIpc) is 2.19. The summed E-state index contributed by atoms with van der Waals surface area (Å²) >= 11 is 0. The van der Waals surface area contributed by atoms with Crippen molar-refractivity contribution in [1.82, 2.24) is 0 Å². The number of carbonyl (C=O) groups excluding carboxylic acids is 1. The number of ether oxygens (including phenoxy) is 1. The second kappa shape index (κ2) is 8.15. The zero-order valence-corrected chi connectivity index (χ0v) is 9.27. The highest BCUT2D eigenvalue weighted by Crippen LogP contribution is 2.04. The van der Waals surface area contributed by atoms with Crippen LogP contribution in [0.3, 0.4) is 0 Å². The van der Waals surface area contributed by atoms with Gasteiger partial charge in [-0.15, -0.1) is 0 Å². The molecule has 0 rings (SSSR count). The molecule has 0 aliphatic rings. The number of carbonyl (C=O) groups is 1. The minimum atomic E-state index is -1.04. The number of esters is 1. The lowest BCUT2D eigenvalue weighted by Gasteiger charge is -2.04. The van der Waals surface area contributed by atoms with E-state index in [1.807, 2.05) is 6.92 Å². The molecule has 1 unspecified atom stereocenters. The van der Waals surface area contributed by atoms with Crippen LogP contribution in [0.1, 0.15) is 39.5 Å². The molecule has 0 aliphatic heterocycles. The molecule has 0 aromatic carbocycles. The monoisotopic (exact) mass is 214 g/mol. The molecule has 15 heavy (non-hydrogen) atoms. The van der Waals surface area contributed by atoms with Crippen LogP contribution in [0.5, 0.6) is 0 Å². The van der Waals surface area contributed by atoms with E-state index in [4.69, 9.17) is 5.53 Å². The lowest BCUT2D eigenvalue weighted by molar-refractivity contribution is -0.141. The molecule has 0 saturated heterocycles. The number of hydrogen-bond donors (Lipinski definition) is 1. The number of rotatable bonds is 7. The van der Waals surface area contributed by atoms with Crippen LogP contribution < -0.4 is 0 Å². The summed E-state index contributed by atoms with van der Waals surface area (Å²) in [4.78, 5) is 14.0. The molecule has 0 radical (unpaired) electrons. The fourth-order valence-electron chi connectivity index (χ4n) is 1.17. The SMILES string of the molecule is CCCCCC(O)C(=[N+]=[N-])C(=O)OCC. The van der Waals surface area contributed by atoms with Gasteiger partial charge in [0.25, 0.3) is 0 Å². The summed E-state index contributed by atoms with van der Waals surface area (Å²) in [6.07, 6.45) is 2.15. The number of aliphatic hydroxyl groups is 1. The maximum atomic E-state index is 11.2. The molecule has 86 valence electrons. The summed E-state index contributed by atoms with van der Waals surface area (Å²) in [5, 5.41) is 9.54. The molecule has 0 aromatic heterocycles. The van der Waals surface area contributed by atoms with E-state index in [9.17, 15) is 9.90 Å². The molecule has 0 saturated carbocycles. The molecular weight excluding hydrogens is 196 g/mol. The highest BCUT2D eigenvalue weighted by molar-refractivity contribution is 6.35. The van der Waals surface area contributed by atoms with E-state index in [0.29, 0.717) is 6.42 Å². The summed E-state index contributed by atoms with van der Waals surface area (Å²) < 4.78 is 4.63. The van der Waals surface area contributed by atoms with Crippen LogP contribution in [0.4, 0.5) is 0 Å². The molecule has 0 aliphatic carbocycles. The largest absolute Gasteiger partial charge is 0.457 e. The molecule has 0 bridgehead atoms. The lowest BCUT2D eigenvalue weighted by atomic mass is 10.1. The molecule has 0 amide bonds. The van der Waals surface area contributed by atoms with Crippen molar-refractivity contribution in [2.24, 2.45) is 0 Å². The van der Waals surface area contributed by atoms with Crippen molar-refractivity contribution >= 4 is 11.7 Å². The first kappa shape index (κ1) is 13.8. The molecular formula is C10H18N2O3. The fraction of sp³-hybridized carbons (Fsp3) is 0.800. The van der Waals surface area contributed by atoms with Crippen LogP contribution >= 0.6 is 0 Å². The highest BCUT2D eigenvalue weighted by atomic mass is 16.5. The third kappa shape index (κ3) is 5.30. The van der Waals surface area contributed by atoms with Gasteiger partial charge >= 0.3 is 11.7 Å². The maximum Gasteiger partial charge on any atom is 0.419 e. The van der Waals surface area contributed by atoms with Gasteiger partial charge in [-0.25, -0.2) is 4.79 Å². The summed E-state index contributed by atoms with van der Waals surface area (Å²) in [7, 11) is 0. The summed E-state index contributed by atoms with van der Waals surface area (Å²) in [5.74, 6) is -0.760. The number of nitrogens with zero attached hydrogens (tertiary/aromatic N) is 2. The number of aliphatic hydroxyl groups excluding tert-OH is 1. The van der Waals surface area contributed by atoms with Crippen molar-refractivity contribution in [3.8, 4) is 0 Å². The van der Waals surface area contributed by atoms with E-state index in [1.54, 1.807) is 6.92 Å². The van der Waals surface area contributed by atoms with Crippen molar-refractivity contribution in [2.45, 2.75) is 45.6 Å². The van der Waals surface area contributed by atoms with Crippen molar-refractivity contribution in [3.63, 3.8) is 0 Å². The highest BCUT2D eigenvalue weighted by Gasteiger charge is 2.30. The fourth-order valence-corrected chi connectivity index (χ4v) is 1.17. The molecule has 1 N–H and O–H groups in total. The molecule has 0 spiro atoms. The summed E-state index contributed by atoms with van der Waals surface area (Å²) in [6.45, 7) is 3.88. The Balaban J connectivity index is 4.17. The van der Waals surface area contributed by atoms with E-state index in [-0.39, 0.29) is 12.3 Å². The van der Waals surface area contributed by atoms with Crippen LogP contribution in [-0.2, 0) is 9.53 Å². The second-order valence-electron chi connectivity index (χ2n) is 3.22. The van der Waals surface area contributed by atoms with Crippen molar-refractivity contribution in [2.75, 3.05) is 6.61 Å². The van der Waals surface area contributed by atoms with Crippen molar-refractivity contribution < 1.29 is 19.4 Å². The predicted octanol–water partition coefficient (Wildman–Crippen LogP) is 1.16. The Morgan fingerprint density at radius 2 is 2.13 bits per heavy atom. The standard InChI is InChI=1S/C10H18N2O3/c1-3-5-6-7-8(13)9(12-11)10(14)15-4-2/h8,13H,3-7H2,1-2H3. The maximum absolute atomic E-state index is 11.2. The average molecular weight is 214 g/mol. The molecule has 0 aromatic rings. The van der Waals surface area contributed by atoms with E-state index >= 15 is 0 Å². The van der Waals surface area contributed by atoms with Gasteiger partial charge in [-0.05, 0) is 13.3 Å². The topological polar surface area (TPSA) is 82.9 Å². The molecule has 1 atom stereocenters. The molecule has 5 nitrogen and oxygen atoms in total. The minimum Gasteiger partial charge on any atom is -0.457 e. The normalized spacial score (nSPS) is 11.7. The smallest absolute Gasteiger partial charge is 0.419 e. The third-order valence-electron chi connectivity index (χ3n) is 1.99. The Bertz CT molecular complexity index is 247. The Hall–Kier alpha value is -1.19. The van der Waals surface area contributed by atoms with Gasteiger partial charge in [0.05, 0.1) is 6.61 Å². The second-order valence-corrected chi connectivity index (χ2v) is 3.22. The zero-order valence-electron chi connectivity index (χ0n) is 9.27. The Labute approximate surface area is 89.7 Å². The van der Waals surface area contributed by atoms with Gasteiger partial charge in [-0.3, -0.25) is 0 Å².